The highest BCUT2D eigenvalue weighted by molar-refractivity contribution is 7.15. The zero-order valence-corrected chi connectivity index (χ0v) is 14.8. The Hall–Kier alpha value is -2.80. The number of nitrogens with one attached hydrogen (secondary N) is 1. The highest BCUT2D eigenvalue weighted by Gasteiger charge is 2.23. The van der Waals surface area contributed by atoms with Gasteiger partial charge in [0.25, 0.3) is 11.7 Å². The minimum Gasteiger partial charge on any atom is -0.318 e. The van der Waals surface area contributed by atoms with Gasteiger partial charge in [0.05, 0.1) is 0 Å². The summed E-state index contributed by atoms with van der Waals surface area (Å²) in [4.78, 5) is 29.7. The van der Waals surface area contributed by atoms with Gasteiger partial charge in [-0.25, -0.2) is 9.37 Å². The molecular formula is C18H16FN3O2S. The van der Waals surface area contributed by atoms with Crippen LogP contribution < -0.4 is 5.32 Å². The molecule has 0 saturated heterocycles. The van der Waals surface area contributed by atoms with Gasteiger partial charge in [0.1, 0.15) is 5.82 Å². The first-order valence-electron chi connectivity index (χ1n) is 7.60. The summed E-state index contributed by atoms with van der Waals surface area (Å²) < 4.78 is 14.9. The fraction of sp³-hybridized carbons (Fsp3) is 0.167. The first kappa shape index (κ1) is 17.0. The predicted octanol–water partition coefficient (Wildman–Crippen LogP) is 3.82. The zero-order chi connectivity index (χ0) is 18.1. The Morgan fingerprint density at radius 3 is 2.44 bits per heavy atom. The van der Waals surface area contributed by atoms with Crippen molar-refractivity contribution in [2.24, 2.45) is 0 Å². The van der Waals surface area contributed by atoms with E-state index in [1.165, 1.54) is 23.5 Å². The average molecular weight is 357 g/mol. The number of hydrogen-bond donors (Lipinski definition) is 1. The van der Waals surface area contributed by atoms with E-state index in [1.807, 2.05) is 18.4 Å². The third kappa shape index (κ3) is 3.36. The van der Waals surface area contributed by atoms with Crippen LogP contribution in [-0.4, -0.2) is 21.2 Å². The van der Waals surface area contributed by atoms with E-state index in [2.05, 4.69) is 10.3 Å². The van der Waals surface area contributed by atoms with Crippen LogP contribution in [0, 0.1) is 26.6 Å². The first-order chi connectivity index (χ1) is 11.9. The molecule has 2 aromatic heterocycles. The largest absolute Gasteiger partial charge is 0.318 e. The van der Waals surface area contributed by atoms with Crippen molar-refractivity contribution in [2.45, 2.75) is 20.8 Å². The van der Waals surface area contributed by atoms with Crippen LogP contribution in [0.15, 0.2) is 36.5 Å². The fourth-order valence-corrected chi connectivity index (χ4v) is 3.33. The number of rotatable bonds is 4. The second kappa shape index (κ2) is 6.60. The molecule has 0 spiro atoms. The van der Waals surface area contributed by atoms with E-state index in [4.69, 9.17) is 0 Å². The second-order valence-corrected chi connectivity index (χ2v) is 6.89. The number of nitrogens with zero attached hydrogens (tertiary/aromatic N) is 2. The number of halogens is 1. The van der Waals surface area contributed by atoms with Crippen LogP contribution in [0.1, 0.15) is 26.6 Å². The number of aryl methyl sites for hydroxylation is 2. The van der Waals surface area contributed by atoms with Crippen LogP contribution in [0.25, 0.3) is 5.69 Å². The van der Waals surface area contributed by atoms with Gasteiger partial charge in [0.15, 0.2) is 5.13 Å². The van der Waals surface area contributed by atoms with Crippen molar-refractivity contribution in [3.05, 3.63) is 64.2 Å². The SMILES string of the molecule is Cc1cnc(NC(=O)C(=O)c2cc(C)n(-c3ccc(F)cc3)c2C)s1. The topological polar surface area (TPSA) is 64.0 Å². The number of ketones is 1. The highest BCUT2D eigenvalue weighted by Crippen LogP contribution is 2.22. The van der Waals surface area contributed by atoms with Gasteiger partial charge >= 0.3 is 0 Å². The van der Waals surface area contributed by atoms with Crippen molar-refractivity contribution in [1.82, 2.24) is 9.55 Å². The molecule has 0 unspecified atom stereocenters. The molecule has 25 heavy (non-hydrogen) atoms. The molecule has 7 heteroatoms. The molecule has 0 atom stereocenters. The Kier molecular flexibility index (Phi) is 4.50. The Labute approximate surface area is 148 Å². The van der Waals surface area contributed by atoms with Crippen molar-refractivity contribution >= 4 is 28.2 Å². The lowest BCUT2D eigenvalue weighted by Crippen LogP contribution is -2.23. The van der Waals surface area contributed by atoms with Crippen molar-refractivity contribution < 1.29 is 14.0 Å². The molecule has 5 nitrogen and oxygen atoms in total. The molecule has 0 aliphatic heterocycles. The molecule has 0 radical (unpaired) electrons. The summed E-state index contributed by atoms with van der Waals surface area (Å²) in [5.74, 6) is -1.69. The van der Waals surface area contributed by atoms with E-state index in [1.54, 1.807) is 31.3 Å². The van der Waals surface area contributed by atoms with Gasteiger partial charge in [0.2, 0.25) is 0 Å². The summed E-state index contributed by atoms with van der Waals surface area (Å²) in [5, 5.41) is 2.92. The van der Waals surface area contributed by atoms with Gasteiger partial charge in [-0.15, -0.1) is 11.3 Å². The van der Waals surface area contributed by atoms with E-state index in [9.17, 15) is 14.0 Å². The van der Waals surface area contributed by atoms with Gasteiger partial charge in [0, 0.05) is 33.7 Å². The summed E-state index contributed by atoms with van der Waals surface area (Å²) in [5.41, 5.74) is 2.45. The second-order valence-electron chi connectivity index (χ2n) is 5.66. The van der Waals surface area contributed by atoms with E-state index in [0.717, 1.165) is 16.3 Å². The van der Waals surface area contributed by atoms with Gasteiger partial charge < -0.3 is 4.57 Å². The lowest BCUT2D eigenvalue weighted by atomic mass is 10.1. The standard InChI is InChI=1S/C18H16FN3O2S/c1-10-8-15(12(3)22(10)14-6-4-13(19)5-7-14)16(23)17(24)21-18-20-9-11(2)25-18/h4-9H,1-3H3,(H,20,21,24). The molecule has 3 rings (SSSR count). The van der Waals surface area contributed by atoms with E-state index >= 15 is 0 Å². The van der Waals surface area contributed by atoms with Crippen molar-refractivity contribution in [3.8, 4) is 5.69 Å². The molecule has 0 saturated carbocycles. The molecule has 1 amide bonds. The predicted molar refractivity (Wildman–Crippen MR) is 95.0 cm³/mol. The molecule has 128 valence electrons. The molecular weight excluding hydrogens is 341 g/mol. The van der Waals surface area contributed by atoms with Crippen molar-refractivity contribution in [3.63, 3.8) is 0 Å². The Bertz CT molecular complexity index is 957. The van der Waals surface area contributed by atoms with Gasteiger partial charge in [-0.2, -0.15) is 0 Å². The maximum absolute atomic E-state index is 13.1. The highest BCUT2D eigenvalue weighted by atomic mass is 32.1. The Morgan fingerprint density at radius 1 is 1.16 bits per heavy atom. The molecule has 1 aromatic carbocycles. The summed E-state index contributed by atoms with van der Waals surface area (Å²) >= 11 is 1.30. The van der Waals surface area contributed by atoms with E-state index < -0.39 is 11.7 Å². The lowest BCUT2D eigenvalue weighted by molar-refractivity contribution is -0.112. The maximum atomic E-state index is 13.1. The lowest BCUT2D eigenvalue weighted by Gasteiger charge is -2.09. The number of anilines is 1. The third-order valence-corrected chi connectivity index (χ3v) is 4.64. The van der Waals surface area contributed by atoms with Gasteiger partial charge in [-0.1, -0.05) is 0 Å². The van der Waals surface area contributed by atoms with E-state index in [-0.39, 0.29) is 5.82 Å². The number of carbonyl (C=O) groups excluding carboxylic acids is 2. The average Bonchev–Trinajstić information content (AvgIpc) is 3.11. The quantitative estimate of drug-likeness (QED) is 0.570. The van der Waals surface area contributed by atoms with Gasteiger partial charge in [-0.3, -0.25) is 14.9 Å². The number of benzene rings is 1. The molecule has 0 aliphatic rings. The molecule has 3 aromatic rings. The number of Topliss-reactive ketones (excluding diaryl/α,β-unsaturated/α-hetero) is 1. The minimum absolute atomic E-state index is 0.313. The fourth-order valence-electron chi connectivity index (χ4n) is 2.67. The smallest absolute Gasteiger partial charge is 0.298 e. The monoisotopic (exact) mass is 357 g/mol. The molecule has 2 heterocycles. The van der Waals surface area contributed by atoms with Crippen LogP contribution in [0.3, 0.4) is 0 Å². The van der Waals surface area contributed by atoms with Crippen LogP contribution in [-0.2, 0) is 4.79 Å². The zero-order valence-electron chi connectivity index (χ0n) is 14.0. The van der Waals surface area contributed by atoms with Crippen LogP contribution in [0.5, 0.6) is 0 Å². The number of hydrogen-bond acceptors (Lipinski definition) is 4. The van der Waals surface area contributed by atoms with Crippen LogP contribution >= 0.6 is 11.3 Å². The number of thiazole rings is 1. The van der Waals surface area contributed by atoms with Crippen LogP contribution in [0.2, 0.25) is 0 Å². The Morgan fingerprint density at radius 2 is 1.84 bits per heavy atom. The van der Waals surface area contributed by atoms with E-state index in [0.29, 0.717) is 16.4 Å². The number of aromatic nitrogens is 2. The van der Waals surface area contributed by atoms with Gasteiger partial charge in [-0.05, 0) is 51.1 Å². The number of amides is 1. The van der Waals surface area contributed by atoms with Crippen LogP contribution in [0.4, 0.5) is 9.52 Å². The summed E-state index contributed by atoms with van der Waals surface area (Å²) in [6.07, 6.45) is 1.63. The number of carbonyl (C=O) groups is 2. The summed E-state index contributed by atoms with van der Waals surface area (Å²) in [7, 11) is 0. The normalized spacial score (nSPS) is 10.7. The first-order valence-corrected chi connectivity index (χ1v) is 8.41. The third-order valence-electron chi connectivity index (χ3n) is 3.81. The van der Waals surface area contributed by atoms with Crippen molar-refractivity contribution in [1.29, 1.82) is 0 Å². The summed E-state index contributed by atoms with van der Waals surface area (Å²) in [6.45, 7) is 5.45. The summed E-state index contributed by atoms with van der Waals surface area (Å²) in [6, 6.07) is 7.62. The minimum atomic E-state index is -0.728. The maximum Gasteiger partial charge on any atom is 0.298 e. The molecule has 0 fully saturated rings. The molecule has 0 bridgehead atoms. The Balaban J connectivity index is 1.90. The van der Waals surface area contributed by atoms with Crippen molar-refractivity contribution in [2.75, 3.05) is 5.32 Å². The molecule has 0 aliphatic carbocycles. The molecule has 1 N–H and O–H groups in total.